The summed E-state index contributed by atoms with van der Waals surface area (Å²) in [4.78, 5) is 0. The Morgan fingerprint density at radius 3 is 2.30 bits per heavy atom. The van der Waals surface area contributed by atoms with Gasteiger partial charge in [-0.1, -0.05) is 0 Å². The van der Waals surface area contributed by atoms with Crippen LogP contribution >= 0.6 is 0 Å². The molecule has 0 aromatic heterocycles. The van der Waals surface area contributed by atoms with Crippen LogP contribution in [0.15, 0.2) is 0 Å². The van der Waals surface area contributed by atoms with E-state index < -0.39 is 0 Å². The van der Waals surface area contributed by atoms with Gasteiger partial charge in [0, 0.05) is 12.6 Å². The quantitative estimate of drug-likeness (QED) is 0.603. The lowest BCUT2D eigenvalue weighted by molar-refractivity contribution is 0.223. The van der Waals surface area contributed by atoms with Crippen LogP contribution in [-0.2, 0) is 0 Å². The average Bonchev–Trinajstić information content (AvgIpc) is 1.95. The fourth-order valence-corrected chi connectivity index (χ4v) is 1.66. The molecule has 0 amide bonds. The van der Waals surface area contributed by atoms with Gasteiger partial charge < -0.3 is 10.8 Å². The summed E-state index contributed by atoms with van der Waals surface area (Å²) in [6.45, 7) is 0.347. The molecule has 1 fully saturated rings. The molecule has 0 unspecified atom stereocenters. The van der Waals surface area contributed by atoms with Crippen molar-refractivity contribution in [1.29, 1.82) is 0 Å². The SMILES string of the molecule is N[C@H]1CC[C@H](CCO)CC1. The van der Waals surface area contributed by atoms with Crippen molar-refractivity contribution in [3.05, 3.63) is 0 Å². The number of nitrogens with two attached hydrogens (primary N) is 1. The monoisotopic (exact) mass is 143 g/mol. The second-order valence-corrected chi connectivity index (χ2v) is 3.29. The summed E-state index contributed by atoms with van der Waals surface area (Å²) in [5.41, 5.74) is 5.73. The van der Waals surface area contributed by atoms with E-state index in [0.717, 1.165) is 25.2 Å². The molecule has 0 aromatic rings. The van der Waals surface area contributed by atoms with Gasteiger partial charge in [0.15, 0.2) is 0 Å². The molecule has 0 spiro atoms. The maximum Gasteiger partial charge on any atom is 0.0433 e. The Morgan fingerprint density at radius 1 is 1.20 bits per heavy atom. The maximum atomic E-state index is 8.65. The van der Waals surface area contributed by atoms with Crippen LogP contribution < -0.4 is 5.73 Å². The van der Waals surface area contributed by atoms with Crippen LogP contribution in [0.4, 0.5) is 0 Å². The van der Waals surface area contributed by atoms with E-state index in [0.29, 0.717) is 12.6 Å². The summed E-state index contributed by atoms with van der Waals surface area (Å²) in [6.07, 6.45) is 5.74. The van der Waals surface area contributed by atoms with Gasteiger partial charge in [-0.25, -0.2) is 0 Å². The highest BCUT2D eigenvalue weighted by molar-refractivity contribution is 4.73. The van der Waals surface area contributed by atoms with Crippen molar-refractivity contribution in [3.63, 3.8) is 0 Å². The third-order valence-corrected chi connectivity index (χ3v) is 2.43. The van der Waals surface area contributed by atoms with Gasteiger partial charge in [-0.05, 0) is 38.0 Å². The van der Waals surface area contributed by atoms with Gasteiger partial charge in [0.2, 0.25) is 0 Å². The van der Waals surface area contributed by atoms with E-state index >= 15 is 0 Å². The number of aliphatic hydroxyl groups is 1. The molecule has 0 saturated heterocycles. The average molecular weight is 143 g/mol. The van der Waals surface area contributed by atoms with Crippen molar-refractivity contribution < 1.29 is 5.11 Å². The third kappa shape index (κ3) is 2.27. The lowest BCUT2D eigenvalue weighted by atomic mass is 9.85. The zero-order chi connectivity index (χ0) is 7.40. The van der Waals surface area contributed by atoms with Crippen LogP contribution in [0.5, 0.6) is 0 Å². The molecule has 1 aliphatic rings. The van der Waals surface area contributed by atoms with Crippen LogP contribution in [-0.4, -0.2) is 17.8 Å². The standard InChI is InChI=1S/C8H17NO/c9-8-3-1-7(2-4-8)5-6-10/h7-8,10H,1-6,9H2/t7-,8-. The first-order valence-electron chi connectivity index (χ1n) is 4.19. The van der Waals surface area contributed by atoms with E-state index in [1.807, 2.05) is 0 Å². The predicted molar refractivity (Wildman–Crippen MR) is 41.6 cm³/mol. The summed E-state index contributed by atoms with van der Waals surface area (Å²) in [5, 5.41) is 8.65. The normalized spacial score (nSPS) is 34.2. The molecular weight excluding hydrogens is 126 g/mol. The van der Waals surface area contributed by atoms with Crippen molar-refractivity contribution in [2.45, 2.75) is 38.1 Å². The molecule has 0 aliphatic heterocycles. The van der Waals surface area contributed by atoms with Crippen LogP contribution in [0.1, 0.15) is 32.1 Å². The lowest BCUT2D eigenvalue weighted by Gasteiger charge is -2.25. The van der Waals surface area contributed by atoms with Crippen LogP contribution in [0, 0.1) is 5.92 Å². The largest absolute Gasteiger partial charge is 0.396 e. The minimum atomic E-state index is 0.347. The zero-order valence-electron chi connectivity index (χ0n) is 6.42. The minimum absolute atomic E-state index is 0.347. The van der Waals surface area contributed by atoms with E-state index in [1.165, 1.54) is 12.8 Å². The highest BCUT2D eigenvalue weighted by Gasteiger charge is 2.17. The highest BCUT2D eigenvalue weighted by atomic mass is 16.3. The molecule has 2 heteroatoms. The third-order valence-electron chi connectivity index (χ3n) is 2.43. The Morgan fingerprint density at radius 2 is 1.80 bits per heavy atom. The lowest BCUT2D eigenvalue weighted by Crippen LogP contribution is -2.26. The Labute approximate surface area is 62.4 Å². The second kappa shape index (κ2) is 3.94. The molecule has 0 bridgehead atoms. The van der Waals surface area contributed by atoms with Gasteiger partial charge in [-0.2, -0.15) is 0 Å². The molecule has 1 rings (SSSR count). The minimum Gasteiger partial charge on any atom is -0.396 e. The number of hydrogen-bond donors (Lipinski definition) is 2. The summed E-state index contributed by atoms with van der Waals surface area (Å²) in [7, 11) is 0. The smallest absolute Gasteiger partial charge is 0.0433 e. The van der Waals surface area contributed by atoms with E-state index in [1.54, 1.807) is 0 Å². The first kappa shape index (κ1) is 8.02. The molecule has 10 heavy (non-hydrogen) atoms. The van der Waals surface area contributed by atoms with Gasteiger partial charge in [0.05, 0.1) is 0 Å². The molecule has 3 N–H and O–H groups in total. The van der Waals surface area contributed by atoms with Crippen LogP contribution in [0.25, 0.3) is 0 Å². The van der Waals surface area contributed by atoms with E-state index in [-0.39, 0.29) is 0 Å². The fourth-order valence-electron chi connectivity index (χ4n) is 1.66. The highest BCUT2D eigenvalue weighted by Crippen LogP contribution is 2.25. The van der Waals surface area contributed by atoms with Crippen molar-refractivity contribution in [1.82, 2.24) is 0 Å². The van der Waals surface area contributed by atoms with Gasteiger partial charge in [0.25, 0.3) is 0 Å². The molecule has 0 radical (unpaired) electrons. The van der Waals surface area contributed by atoms with Gasteiger partial charge in [0.1, 0.15) is 0 Å². The summed E-state index contributed by atoms with van der Waals surface area (Å²) in [5.74, 6) is 0.754. The van der Waals surface area contributed by atoms with E-state index in [4.69, 9.17) is 10.8 Å². The molecule has 60 valence electrons. The van der Waals surface area contributed by atoms with E-state index in [2.05, 4.69) is 0 Å². The summed E-state index contributed by atoms with van der Waals surface area (Å²) in [6, 6.07) is 0.440. The van der Waals surface area contributed by atoms with Gasteiger partial charge in [-0.3, -0.25) is 0 Å². The Bertz CT molecular complexity index is 87.3. The second-order valence-electron chi connectivity index (χ2n) is 3.29. The van der Waals surface area contributed by atoms with Crippen LogP contribution in [0.2, 0.25) is 0 Å². The number of hydrogen-bond acceptors (Lipinski definition) is 2. The topological polar surface area (TPSA) is 46.2 Å². The molecule has 0 heterocycles. The predicted octanol–water partition coefficient (Wildman–Crippen LogP) is 0.886. The van der Waals surface area contributed by atoms with Crippen molar-refractivity contribution in [3.8, 4) is 0 Å². The van der Waals surface area contributed by atoms with Crippen molar-refractivity contribution in [2.24, 2.45) is 11.7 Å². The van der Waals surface area contributed by atoms with Gasteiger partial charge in [-0.15, -0.1) is 0 Å². The maximum absolute atomic E-state index is 8.65. The summed E-state index contributed by atoms with van der Waals surface area (Å²) < 4.78 is 0. The number of aliphatic hydroxyl groups excluding tert-OH is 1. The van der Waals surface area contributed by atoms with E-state index in [9.17, 15) is 0 Å². The fraction of sp³-hybridized carbons (Fsp3) is 1.00. The molecule has 0 atom stereocenters. The van der Waals surface area contributed by atoms with Crippen LogP contribution in [0.3, 0.4) is 0 Å². The molecular formula is C8H17NO. The molecule has 2 nitrogen and oxygen atoms in total. The molecule has 0 aromatic carbocycles. The first-order chi connectivity index (χ1) is 4.83. The Hall–Kier alpha value is -0.0800. The Balaban J connectivity index is 2.13. The zero-order valence-corrected chi connectivity index (χ0v) is 6.42. The Kier molecular flexibility index (Phi) is 3.16. The molecule has 1 saturated carbocycles. The van der Waals surface area contributed by atoms with Crippen molar-refractivity contribution in [2.75, 3.05) is 6.61 Å². The summed E-state index contributed by atoms with van der Waals surface area (Å²) >= 11 is 0. The number of rotatable bonds is 2. The molecule has 1 aliphatic carbocycles. The first-order valence-corrected chi connectivity index (χ1v) is 4.19. The van der Waals surface area contributed by atoms with Crippen molar-refractivity contribution >= 4 is 0 Å². The van der Waals surface area contributed by atoms with Gasteiger partial charge >= 0.3 is 0 Å².